The van der Waals surface area contributed by atoms with Crippen molar-refractivity contribution in [3.8, 4) is 22.9 Å². The molecule has 0 bridgehead atoms. The van der Waals surface area contributed by atoms with Crippen molar-refractivity contribution in [2.24, 2.45) is 0 Å². The van der Waals surface area contributed by atoms with E-state index in [1.165, 1.54) is 11.3 Å². The summed E-state index contributed by atoms with van der Waals surface area (Å²) in [6.07, 6.45) is 0.795. The van der Waals surface area contributed by atoms with Crippen LogP contribution in [0.25, 0.3) is 21.3 Å². The number of ether oxygens (including phenoxy) is 1. The standard InChI is InChI=1S/C23H21ClN4O3S/c24-14-9-13-10-19(23(30)28-7-5-26-6-8-28)31-21(13)16(11-14)15-2-4-27-17-12-20(32-22(15)17)18(29)1-3-25/h2,4,9,11-12,18-19,26,29H,1,5-8,10H2. The lowest BCUT2D eigenvalue weighted by Crippen LogP contribution is -2.50. The Balaban J connectivity index is 1.52. The minimum Gasteiger partial charge on any atom is -0.479 e. The monoisotopic (exact) mass is 468 g/mol. The lowest BCUT2D eigenvalue weighted by molar-refractivity contribution is -0.138. The van der Waals surface area contributed by atoms with Gasteiger partial charge in [0.25, 0.3) is 5.91 Å². The van der Waals surface area contributed by atoms with Gasteiger partial charge in [-0.25, -0.2) is 0 Å². The van der Waals surface area contributed by atoms with E-state index in [9.17, 15) is 9.90 Å². The van der Waals surface area contributed by atoms with Gasteiger partial charge in [-0.05, 0) is 24.3 Å². The van der Waals surface area contributed by atoms with E-state index in [0.29, 0.717) is 35.2 Å². The number of aromatic nitrogens is 1. The molecule has 3 aromatic rings. The SMILES string of the molecule is N#CCC(O)c1cc2nccc(-c3cc(Cl)cc4c3OC(C(=O)N3CCNCC3)C4)c2s1. The molecule has 5 rings (SSSR count). The predicted octanol–water partition coefficient (Wildman–Crippen LogP) is 3.30. The number of aliphatic hydroxyl groups excluding tert-OH is 1. The fraction of sp³-hybridized carbons (Fsp3) is 0.348. The van der Waals surface area contributed by atoms with Crippen LogP contribution in [-0.4, -0.2) is 53.2 Å². The van der Waals surface area contributed by atoms with Gasteiger partial charge in [0.05, 0.1) is 22.7 Å². The summed E-state index contributed by atoms with van der Waals surface area (Å²) in [6.45, 7) is 2.93. The van der Waals surface area contributed by atoms with E-state index in [0.717, 1.165) is 40.0 Å². The molecule has 32 heavy (non-hydrogen) atoms. The van der Waals surface area contributed by atoms with Crippen LogP contribution in [0, 0.1) is 11.3 Å². The topological polar surface area (TPSA) is 98.5 Å². The van der Waals surface area contributed by atoms with Crippen LogP contribution in [0.5, 0.6) is 5.75 Å². The van der Waals surface area contributed by atoms with Gasteiger partial charge in [0.1, 0.15) is 11.9 Å². The molecule has 0 spiro atoms. The number of halogens is 1. The number of pyridine rings is 1. The van der Waals surface area contributed by atoms with Crippen LogP contribution in [-0.2, 0) is 11.2 Å². The molecule has 4 heterocycles. The average molecular weight is 469 g/mol. The second kappa shape index (κ2) is 8.68. The maximum atomic E-state index is 13.0. The van der Waals surface area contributed by atoms with Crippen LogP contribution in [0.4, 0.5) is 0 Å². The summed E-state index contributed by atoms with van der Waals surface area (Å²) < 4.78 is 7.10. The van der Waals surface area contributed by atoms with Crippen molar-refractivity contribution in [2.75, 3.05) is 26.2 Å². The molecular weight excluding hydrogens is 448 g/mol. The Hall–Kier alpha value is -2.70. The first-order valence-electron chi connectivity index (χ1n) is 10.5. The minimum atomic E-state index is -0.852. The van der Waals surface area contributed by atoms with Crippen LogP contribution in [0.15, 0.2) is 30.5 Å². The van der Waals surface area contributed by atoms with E-state index in [1.807, 2.05) is 35.2 Å². The van der Waals surface area contributed by atoms with Crippen LogP contribution in [0.1, 0.15) is 23.0 Å². The first-order valence-corrected chi connectivity index (χ1v) is 11.7. The number of fused-ring (bicyclic) bond motifs is 2. The number of carbonyl (C=O) groups excluding carboxylic acids is 1. The molecule has 7 nitrogen and oxygen atoms in total. The van der Waals surface area contributed by atoms with E-state index in [2.05, 4.69) is 10.3 Å². The normalized spacial score (nSPS) is 18.8. The fourth-order valence-electron chi connectivity index (χ4n) is 4.27. The number of thiophene rings is 1. The number of nitrogens with one attached hydrogen (secondary N) is 1. The smallest absolute Gasteiger partial charge is 0.264 e. The van der Waals surface area contributed by atoms with E-state index in [4.69, 9.17) is 21.6 Å². The molecule has 0 radical (unpaired) electrons. The molecule has 2 atom stereocenters. The van der Waals surface area contributed by atoms with Crippen LogP contribution >= 0.6 is 22.9 Å². The number of hydrogen-bond acceptors (Lipinski definition) is 7. The summed E-state index contributed by atoms with van der Waals surface area (Å²) in [5.41, 5.74) is 3.33. The third kappa shape index (κ3) is 3.82. The van der Waals surface area contributed by atoms with Crippen molar-refractivity contribution < 1.29 is 14.6 Å². The summed E-state index contributed by atoms with van der Waals surface area (Å²) >= 11 is 7.86. The van der Waals surface area contributed by atoms with Gasteiger partial charge < -0.3 is 20.1 Å². The van der Waals surface area contributed by atoms with E-state index < -0.39 is 12.2 Å². The van der Waals surface area contributed by atoms with Crippen molar-refractivity contribution >= 4 is 39.1 Å². The second-order valence-corrected chi connectivity index (χ2v) is 9.45. The number of benzene rings is 1. The van der Waals surface area contributed by atoms with Gasteiger partial charge in [-0.15, -0.1) is 11.3 Å². The highest BCUT2D eigenvalue weighted by Gasteiger charge is 2.35. The lowest BCUT2D eigenvalue weighted by atomic mass is 10.0. The molecule has 2 N–H and O–H groups in total. The molecule has 1 fully saturated rings. The van der Waals surface area contributed by atoms with Gasteiger partial charge in [0.15, 0.2) is 6.10 Å². The number of amides is 1. The third-order valence-corrected chi connectivity index (χ3v) is 7.31. The second-order valence-electron chi connectivity index (χ2n) is 7.93. The van der Waals surface area contributed by atoms with Gasteiger partial charge in [0, 0.05) is 65.4 Å². The molecule has 0 aliphatic carbocycles. The molecular formula is C23H21ClN4O3S. The van der Waals surface area contributed by atoms with E-state index in [-0.39, 0.29) is 12.3 Å². The van der Waals surface area contributed by atoms with Gasteiger partial charge >= 0.3 is 0 Å². The Kier molecular flexibility index (Phi) is 5.74. The number of nitrogens with zero attached hydrogens (tertiary/aromatic N) is 3. The first-order chi connectivity index (χ1) is 15.5. The van der Waals surface area contributed by atoms with E-state index in [1.54, 1.807) is 6.20 Å². The highest BCUT2D eigenvalue weighted by Crippen LogP contribution is 2.45. The molecule has 1 amide bonds. The van der Waals surface area contributed by atoms with Crippen molar-refractivity contribution in [1.82, 2.24) is 15.2 Å². The zero-order valence-electron chi connectivity index (χ0n) is 17.2. The Bertz CT molecular complexity index is 1230. The maximum absolute atomic E-state index is 13.0. The number of rotatable bonds is 4. The van der Waals surface area contributed by atoms with Crippen molar-refractivity contribution in [1.29, 1.82) is 5.26 Å². The fourth-order valence-corrected chi connectivity index (χ4v) is 5.64. The summed E-state index contributed by atoms with van der Waals surface area (Å²) in [5, 5.41) is 23.0. The van der Waals surface area contributed by atoms with Crippen molar-refractivity contribution in [2.45, 2.75) is 25.0 Å². The summed E-state index contributed by atoms with van der Waals surface area (Å²) in [4.78, 5) is 20.0. The summed E-state index contributed by atoms with van der Waals surface area (Å²) in [5.74, 6) is 0.672. The Morgan fingerprint density at radius 2 is 2.19 bits per heavy atom. The summed E-state index contributed by atoms with van der Waals surface area (Å²) in [7, 11) is 0. The predicted molar refractivity (Wildman–Crippen MR) is 123 cm³/mol. The molecule has 2 unspecified atom stereocenters. The van der Waals surface area contributed by atoms with E-state index >= 15 is 0 Å². The molecule has 164 valence electrons. The molecule has 2 aliphatic heterocycles. The van der Waals surface area contributed by atoms with Gasteiger partial charge in [-0.2, -0.15) is 5.26 Å². The molecule has 2 aromatic heterocycles. The zero-order valence-corrected chi connectivity index (χ0v) is 18.7. The van der Waals surface area contributed by atoms with Gasteiger partial charge in [-0.1, -0.05) is 11.6 Å². The lowest BCUT2D eigenvalue weighted by Gasteiger charge is -2.29. The molecule has 9 heteroatoms. The highest BCUT2D eigenvalue weighted by molar-refractivity contribution is 7.19. The largest absolute Gasteiger partial charge is 0.479 e. The quantitative estimate of drug-likeness (QED) is 0.609. The third-order valence-electron chi connectivity index (χ3n) is 5.83. The number of piperazine rings is 1. The number of hydrogen-bond donors (Lipinski definition) is 2. The van der Waals surface area contributed by atoms with Crippen LogP contribution < -0.4 is 10.1 Å². The van der Waals surface area contributed by atoms with Gasteiger partial charge in [0.2, 0.25) is 0 Å². The summed E-state index contributed by atoms with van der Waals surface area (Å²) in [6, 6.07) is 9.41. The Labute approximate surface area is 194 Å². The Morgan fingerprint density at radius 3 is 2.97 bits per heavy atom. The highest BCUT2D eigenvalue weighted by atomic mass is 35.5. The molecule has 1 aromatic carbocycles. The van der Waals surface area contributed by atoms with Crippen LogP contribution in [0.2, 0.25) is 5.02 Å². The number of nitriles is 1. The average Bonchev–Trinajstić information content (AvgIpc) is 3.43. The first kappa shape index (κ1) is 21.2. The number of aliphatic hydroxyl groups is 1. The van der Waals surface area contributed by atoms with Crippen molar-refractivity contribution in [3.63, 3.8) is 0 Å². The van der Waals surface area contributed by atoms with Crippen LogP contribution in [0.3, 0.4) is 0 Å². The molecule has 0 saturated carbocycles. The minimum absolute atomic E-state index is 0.00248. The molecule has 1 saturated heterocycles. The zero-order chi connectivity index (χ0) is 22.2. The molecule has 2 aliphatic rings. The maximum Gasteiger partial charge on any atom is 0.264 e. The number of carbonyl (C=O) groups is 1. The Morgan fingerprint density at radius 1 is 1.38 bits per heavy atom. The van der Waals surface area contributed by atoms with Gasteiger partial charge in [-0.3, -0.25) is 9.78 Å². The van der Waals surface area contributed by atoms with Crippen molar-refractivity contribution in [3.05, 3.63) is 45.9 Å².